The number of halogens is 1. The summed E-state index contributed by atoms with van der Waals surface area (Å²) in [5, 5.41) is 9.63. The van der Waals surface area contributed by atoms with Crippen LogP contribution in [0.3, 0.4) is 0 Å². The first kappa shape index (κ1) is 15.3. The summed E-state index contributed by atoms with van der Waals surface area (Å²) in [6.45, 7) is -0.0457. The normalized spacial score (nSPS) is 10.3. The molecule has 0 saturated carbocycles. The zero-order valence-corrected chi connectivity index (χ0v) is 13.7. The number of ether oxygens (including phenoxy) is 1. The highest BCUT2D eigenvalue weighted by atomic mass is 79.9. The second kappa shape index (κ2) is 7.11. The van der Waals surface area contributed by atoms with E-state index in [1.807, 2.05) is 42.5 Å². The number of carbonyl (C=O) groups excluding carboxylic acids is 1. The fourth-order valence-electron chi connectivity index (χ4n) is 2.06. The first-order chi connectivity index (χ1) is 11.2. The molecule has 0 radical (unpaired) electrons. The van der Waals surface area contributed by atoms with E-state index in [0.717, 1.165) is 15.7 Å². The van der Waals surface area contributed by atoms with Crippen LogP contribution in [-0.2, 0) is 4.79 Å². The average Bonchev–Trinajstić information content (AvgIpc) is 3.09. The molecule has 0 unspecified atom stereocenters. The van der Waals surface area contributed by atoms with Gasteiger partial charge in [-0.15, -0.1) is 0 Å². The molecule has 1 aromatic heterocycles. The Balaban J connectivity index is 1.59. The van der Waals surface area contributed by atoms with Gasteiger partial charge in [-0.05, 0) is 42.5 Å². The van der Waals surface area contributed by atoms with Gasteiger partial charge in [0.25, 0.3) is 5.91 Å². The molecule has 3 aromatic rings. The highest BCUT2D eigenvalue weighted by Crippen LogP contribution is 2.20. The molecule has 0 bridgehead atoms. The third-order valence-electron chi connectivity index (χ3n) is 3.14. The fourth-order valence-corrected chi connectivity index (χ4v) is 2.32. The maximum Gasteiger partial charge on any atom is 0.262 e. The minimum atomic E-state index is -0.213. The lowest BCUT2D eigenvalue weighted by Crippen LogP contribution is -2.20. The lowest BCUT2D eigenvalue weighted by Gasteiger charge is -2.08. The summed E-state index contributed by atoms with van der Waals surface area (Å²) in [5.41, 5.74) is 2.56. The van der Waals surface area contributed by atoms with E-state index >= 15 is 0 Å². The Morgan fingerprint density at radius 3 is 2.74 bits per heavy atom. The van der Waals surface area contributed by atoms with Gasteiger partial charge in [0.15, 0.2) is 6.61 Å². The van der Waals surface area contributed by atoms with Crippen molar-refractivity contribution in [3.63, 3.8) is 0 Å². The van der Waals surface area contributed by atoms with Crippen molar-refractivity contribution in [2.75, 3.05) is 11.9 Å². The molecule has 1 amide bonds. The molecule has 0 aliphatic carbocycles. The minimum Gasteiger partial charge on any atom is -0.484 e. The number of nitrogens with zero attached hydrogens (tertiary/aromatic N) is 1. The number of rotatable bonds is 5. The summed E-state index contributed by atoms with van der Waals surface area (Å²) < 4.78 is 6.41. The van der Waals surface area contributed by atoms with Crippen molar-refractivity contribution in [3.8, 4) is 17.0 Å². The molecule has 5 nitrogen and oxygen atoms in total. The lowest BCUT2D eigenvalue weighted by molar-refractivity contribution is -0.118. The molecule has 3 rings (SSSR count). The molecular weight excluding hydrogens is 358 g/mol. The van der Waals surface area contributed by atoms with Crippen molar-refractivity contribution in [3.05, 3.63) is 65.3 Å². The third-order valence-corrected chi connectivity index (χ3v) is 3.67. The number of aromatic nitrogens is 2. The van der Waals surface area contributed by atoms with Gasteiger partial charge in [-0.1, -0.05) is 28.1 Å². The molecule has 23 heavy (non-hydrogen) atoms. The van der Waals surface area contributed by atoms with E-state index in [4.69, 9.17) is 4.74 Å². The summed E-state index contributed by atoms with van der Waals surface area (Å²) in [5.74, 6) is 0.434. The monoisotopic (exact) mass is 371 g/mol. The molecule has 0 aliphatic heterocycles. The molecule has 6 heteroatoms. The Kier molecular flexibility index (Phi) is 4.73. The second-order valence-corrected chi connectivity index (χ2v) is 5.76. The third kappa shape index (κ3) is 4.20. The minimum absolute atomic E-state index is 0.0457. The van der Waals surface area contributed by atoms with E-state index in [2.05, 4.69) is 31.4 Å². The van der Waals surface area contributed by atoms with E-state index in [1.165, 1.54) is 0 Å². The van der Waals surface area contributed by atoms with Gasteiger partial charge in [-0.3, -0.25) is 9.89 Å². The predicted octanol–water partition coefficient (Wildman–Crippen LogP) is 3.86. The van der Waals surface area contributed by atoms with Crippen molar-refractivity contribution in [1.29, 1.82) is 0 Å². The van der Waals surface area contributed by atoms with Crippen LogP contribution >= 0.6 is 15.9 Å². The predicted molar refractivity (Wildman–Crippen MR) is 92.3 cm³/mol. The van der Waals surface area contributed by atoms with Crippen LogP contribution in [0.15, 0.2) is 65.3 Å². The van der Waals surface area contributed by atoms with Crippen LogP contribution < -0.4 is 10.1 Å². The molecule has 0 atom stereocenters. The highest BCUT2D eigenvalue weighted by Gasteiger charge is 2.06. The topological polar surface area (TPSA) is 67.0 Å². The number of hydrogen-bond acceptors (Lipinski definition) is 3. The summed E-state index contributed by atoms with van der Waals surface area (Å²) in [7, 11) is 0. The van der Waals surface area contributed by atoms with Gasteiger partial charge < -0.3 is 10.1 Å². The molecular formula is C17H14BrN3O2. The van der Waals surface area contributed by atoms with Crippen molar-refractivity contribution in [1.82, 2.24) is 10.2 Å². The van der Waals surface area contributed by atoms with Gasteiger partial charge in [0, 0.05) is 21.9 Å². The van der Waals surface area contributed by atoms with E-state index < -0.39 is 0 Å². The van der Waals surface area contributed by atoms with Crippen molar-refractivity contribution >= 4 is 27.5 Å². The van der Waals surface area contributed by atoms with E-state index in [1.54, 1.807) is 18.3 Å². The van der Waals surface area contributed by atoms with Crippen molar-refractivity contribution in [2.24, 2.45) is 0 Å². The Hall–Kier alpha value is -2.60. The molecule has 0 spiro atoms. The number of carbonyl (C=O) groups is 1. The number of benzene rings is 2. The zero-order chi connectivity index (χ0) is 16.1. The van der Waals surface area contributed by atoms with Crippen LogP contribution in [0.25, 0.3) is 11.3 Å². The molecule has 0 fully saturated rings. The molecule has 0 saturated heterocycles. The van der Waals surface area contributed by atoms with E-state index in [9.17, 15) is 4.79 Å². The van der Waals surface area contributed by atoms with Gasteiger partial charge in [0.2, 0.25) is 0 Å². The number of amides is 1. The number of hydrogen-bond donors (Lipinski definition) is 2. The summed E-state index contributed by atoms with van der Waals surface area (Å²) in [4.78, 5) is 12.0. The first-order valence-corrected chi connectivity index (χ1v) is 7.78. The van der Waals surface area contributed by atoms with Crippen LogP contribution in [0.4, 0.5) is 5.69 Å². The second-order valence-electron chi connectivity index (χ2n) is 4.84. The van der Waals surface area contributed by atoms with E-state index in [0.29, 0.717) is 11.4 Å². The van der Waals surface area contributed by atoms with Crippen LogP contribution in [0.2, 0.25) is 0 Å². The Morgan fingerprint density at radius 1 is 1.17 bits per heavy atom. The van der Waals surface area contributed by atoms with E-state index in [-0.39, 0.29) is 12.5 Å². The number of anilines is 1. The summed E-state index contributed by atoms with van der Waals surface area (Å²) in [6.07, 6.45) is 1.69. The van der Waals surface area contributed by atoms with Gasteiger partial charge in [0.1, 0.15) is 5.75 Å². The highest BCUT2D eigenvalue weighted by molar-refractivity contribution is 9.10. The van der Waals surface area contributed by atoms with Crippen LogP contribution in [0.5, 0.6) is 5.75 Å². The van der Waals surface area contributed by atoms with Crippen LogP contribution in [-0.4, -0.2) is 22.7 Å². The largest absolute Gasteiger partial charge is 0.484 e. The molecule has 2 aromatic carbocycles. The Bertz CT molecular complexity index is 786. The van der Waals surface area contributed by atoms with Crippen LogP contribution in [0, 0.1) is 0 Å². The van der Waals surface area contributed by atoms with Gasteiger partial charge >= 0.3 is 0 Å². The van der Waals surface area contributed by atoms with Crippen LogP contribution in [0.1, 0.15) is 0 Å². The maximum atomic E-state index is 12.0. The Morgan fingerprint density at radius 2 is 2.00 bits per heavy atom. The number of aromatic amines is 1. The van der Waals surface area contributed by atoms with Gasteiger partial charge in [0.05, 0.1) is 5.69 Å². The summed E-state index contributed by atoms with van der Waals surface area (Å²) in [6, 6.07) is 16.7. The molecule has 0 aliphatic rings. The molecule has 2 N–H and O–H groups in total. The molecule has 1 heterocycles. The van der Waals surface area contributed by atoms with Gasteiger partial charge in [-0.2, -0.15) is 5.10 Å². The number of H-pyrrole nitrogens is 1. The quantitative estimate of drug-likeness (QED) is 0.715. The Labute approximate surface area is 141 Å². The number of nitrogens with one attached hydrogen (secondary N) is 2. The smallest absolute Gasteiger partial charge is 0.262 e. The first-order valence-electron chi connectivity index (χ1n) is 6.99. The SMILES string of the molecule is O=C(COc1ccc(Br)cc1)Nc1cccc(-c2ccn[nH]2)c1. The fraction of sp³-hybridized carbons (Fsp3) is 0.0588. The lowest BCUT2D eigenvalue weighted by atomic mass is 10.1. The molecule has 116 valence electrons. The zero-order valence-electron chi connectivity index (χ0n) is 12.1. The van der Waals surface area contributed by atoms with Gasteiger partial charge in [-0.25, -0.2) is 0 Å². The summed E-state index contributed by atoms with van der Waals surface area (Å²) >= 11 is 3.35. The maximum absolute atomic E-state index is 12.0. The van der Waals surface area contributed by atoms with Crippen molar-refractivity contribution in [2.45, 2.75) is 0 Å². The van der Waals surface area contributed by atoms with Crippen molar-refractivity contribution < 1.29 is 9.53 Å². The average molecular weight is 372 g/mol. The standard InChI is InChI=1S/C17H14BrN3O2/c18-13-4-6-15(7-5-13)23-11-17(22)20-14-3-1-2-12(10-14)16-8-9-19-21-16/h1-10H,11H2,(H,19,21)(H,20,22).